The summed E-state index contributed by atoms with van der Waals surface area (Å²) in [5.41, 5.74) is 2.83. The van der Waals surface area contributed by atoms with E-state index in [0.717, 1.165) is 26.6 Å². The number of nitrogens with one attached hydrogen (secondary N) is 3. The lowest BCUT2D eigenvalue weighted by molar-refractivity contribution is -0.118. The summed E-state index contributed by atoms with van der Waals surface area (Å²) in [6, 6.07) is 15.6. The average molecular weight is 415 g/mol. The molecule has 3 N–H and O–H groups in total. The molecule has 28 heavy (non-hydrogen) atoms. The Bertz CT molecular complexity index is 925. The fraction of sp³-hybridized carbons (Fsp3) is 0.250. The van der Waals surface area contributed by atoms with Crippen molar-refractivity contribution in [1.82, 2.24) is 10.3 Å². The second kappa shape index (κ2) is 10.1. The predicted molar refractivity (Wildman–Crippen MR) is 118 cm³/mol. The van der Waals surface area contributed by atoms with Crippen LogP contribution in [0.3, 0.4) is 0 Å². The predicted octanol–water partition coefficient (Wildman–Crippen LogP) is 3.50. The molecule has 6 nitrogen and oxygen atoms in total. The molecule has 0 saturated heterocycles. The van der Waals surface area contributed by atoms with E-state index in [1.54, 1.807) is 11.3 Å². The van der Waals surface area contributed by atoms with E-state index >= 15 is 0 Å². The number of thiazole rings is 1. The summed E-state index contributed by atoms with van der Waals surface area (Å²) in [4.78, 5) is 28.3. The molecule has 8 heteroatoms. The Morgan fingerprint density at radius 2 is 1.86 bits per heavy atom. The highest BCUT2D eigenvalue weighted by atomic mass is 32.2. The number of nitrogens with zero attached hydrogens (tertiary/aromatic N) is 1. The molecular weight excluding hydrogens is 392 g/mol. The van der Waals surface area contributed by atoms with Crippen molar-refractivity contribution in [1.29, 1.82) is 0 Å². The van der Waals surface area contributed by atoms with E-state index in [1.807, 2.05) is 55.5 Å². The van der Waals surface area contributed by atoms with Gasteiger partial charge >= 0.3 is 0 Å². The van der Waals surface area contributed by atoms with Gasteiger partial charge in [0.15, 0.2) is 5.13 Å². The molecule has 0 bridgehead atoms. The lowest BCUT2D eigenvalue weighted by atomic mass is 10.2. The van der Waals surface area contributed by atoms with Crippen molar-refractivity contribution in [2.45, 2.75) is 6.92 Å². The molecule has 0 atom stereocenters. The molecule has 3 aromatic rings. The molecule has 2 aromatic carbocycles. The summed E-state index contributed by atoms with van der Waals surface area (Å²) in [5.74, 6) is 0.300. The van der Waals surface area contributed by atoms with E-state index in [4.69, 9.17) is 0 Å². The lowest BCUT2D eigenvalue weighted by Gasteiger charge is -2.07. The fourth-order valence-corrected chi connectivity index (χ4v) is 4.06. The molecule has 0 spiro atoms. The van der Waals surface area contributed by atoms with Gasteiger partial charge in [0.2, 0.25) is 11.8 Å². The highest BCUT2D eigenvalue weighted by Crippen LogP contribution is 2.24. The van der Waals surface area contributed by atoms with Gasteiger partial charge in [-0.2, -0.15) is 0 Å². The van der Waals surface area contributed by atoms with E-state index in [9.17, 15) is 9.59 Å². The lowest BCUT2D eigenvalue weighted by Crippen LogP contribution is -2.30. The van der Waals surface area contributed by atoms with Gasteiger partial charge in [-0.1, -0.05) is 35.6 Å². The molecule has 0 fully saturated rings. The minimum Gasteiger partial charge on any atom is -0.360 e. The average Bonchev–Trinajstić information content (AvgIpc) is 3.08. The Morgan fingerprint density at radius 1 is 1.04 bits per heavy atom. The summed E-state index contributed by atoms with van der Waals surface area (Å²) >= 11 is 2.89. The van der Waals surface area contributed by atoms with Gasteiger partial charge in [0, 0.05) is 18.8 Å². The van der Waals surface area contributed by atoms with Crippen LogP contribution < -0.4 is 16.0 Å². The highest BCUT2D eigenvalue weighted by Gasteiger charge is 2.07. The second-order valence-electron chi connectivity index (χ2n) is 6.17. The quantitative estimate of drug-likeness (QED) is 0.467. The maximum absolute atomic E-state index is 11.9. The number of carbonyl (C=O) groups is 2. The molecular formula is C20H22N4O2S2. The van der Waals surface area contributed by atoms with Crippen LogP contribution in [-0.2, 0) is 9.59 Å². The summed E-state index contributed by atoms with van der Waals surface area (Å²) in [5, 5.41) is 9.73. The molecule has 0 saturated carbocycles. The van der Waals surface area contributed by atoms with Crippen LogP contribution in [0.5, 0.6) is 0 Å². The van der Waals surface area contributed by atoms with Crippen molar-refractivity contribution < 1.29 is 9.59 Å². The molecule has 146 valence electrons. The minimum atomic E-state index is -0.110. The van der Waals surface area contributed by atoms with Gasteiger partial charge in [0.25, 0.3) is 0 Å². The first-order valence-corrected chi connectivity index (χ1v) is 10.9. The first-order valence-electron chi connectivity index (χ1n) is 8.90. The number of amides is 2. The van der Waals surface area contributed by atoms with Crippen LogP contribution in [0.4, 0.5) is 10.8 Å². The van der Waals surface area contributed by atoms with Crippen LogP contribution in [0.2, 0.25) is 0 Å². The van der Waals surface area contributed by atoms with Crippen molar-refractivity contribution in [3.63, 3.8) is 0 Å². The molecule has 0 unspecified atom stereocenters. The summed E-state index contributed by atoms with van der Waals surface area (Å²) in [7, 11) is 0. The highest BCUT2D eigenvalue weighted by molar-refractivity contribution is 8.00. The number of aromatic nitrogens is 1. The van der Waals surface area contributed by atoms with Crippen LogP contribution in [0.15, 0.2) is 48.5 Å². The van der Waals surface area contributed by atoms with E-state index in [2.05, 4.69) is 20.9 Å². The fourth-order valence-electron chi connectivity index (χ4n) is 2.53. The Labute approximate surface area is 172 Å². The zero-order chi connectivity index (χ0) is 19.8. The number of hydrogen-bond acceptors (Lipinski definition) is 6. The molecule has 1 heterocycles. The number of fused-ring (bicyclic) bond motifs is 1. The zero-order valence-corrected chi connectivity index (χ0v) is 17.2. The summed E-state index contributed by atoms with van der Waals surface area (Å²) < 4.78 is 1.13. The van der Waals surface area contributed by atoms with Gasteiger partial charge in [0.05, 0.1) is 21.7 Å². The van der Waals surface area contributed by atoms with Crippen LogP contribution in [0.25, 0.3) is 10.2 Å². The van der Waals surface area contributed by atoms with E-state index in [0.29, 0.717) is 13.1 Å². The van der Waals surface area contributed by atoms with Gasteiger partial charge in [0.1, 0.15) is 0 Å². The Hall–Kier alpha value is -2.58. The minimum absolute atomic E-state index is 0.0838. The summed E-state index contributed by atoms with van der Waals surface area (Å²) in [6.45, 7) is 3.08. The number of rotatable bonds is 9. The molecule has 0 radical (unpaired) electrons. The normalized spacial score (nSPS) is 10.6. The van der Waals surface area contributed by atoms with Crippen LogP contribution in [0.1, 0.15) is 5.56 Å². The number of carbonyl (C=O) groups excluding carboxylic acids is 2. The zero-order valence-electron chi connectivity index (χ0n) is 15.5. The van der Waals surface area contributed by atoms with Crippen molar-refractivity contribution in [2.75, 3.05) is 35.2 Å². The number of hydrogen-bond donors (Lipinski definition) is 3. The third kappa shape index (κ3) is 6.24. The van der Waals surface area contributed by atoms with Crippen LogP contribution >= 0.6 is 23.1 Å². The third-order valence-electron chi connectivity index (χ3n) is 3.79. The number of aryl methyl sites for hydroxylation is 1. The van der Waals surface area contributed by atoms with E-state index in [1.165, 1.54) is 11.8 Å². The SMILES string of the molecule is Cc1cccc(NC(=O)CSCC(=O)NCCNc2nc3ccccc3s2)c1. The Balaban J connectivity index is 1.28. The smallest absolute Gasteiger partial charge is 0.234 e. The monoisotopic (exact) mass is 414 g/mol. The van der Waals surface area contributed by atoms with Gasteiger partial charge in [-0.25, -0.2) is 4.98 Å². The second-order valence-corrected chi connectivity index (χ2v) is 8.19. The summed E-state index contributed by atoms with van der Waals surface area (Å²) in [6.07, 6.45) is 0. The molecule has 2 amide bonds. The van der Waals surface area contributed by atoms with Crippen LogP contribution in [-0.4, -0.2) is 41.4 Å². The van der Waals surface area contributed by atoms with E-state index in [-0.39, 0.29) is 23.3 Å². The number of benzene rings is 2. The van der Waals surface area contributed by atoms with Gasteiger partial charge in [-0.05, 0) is 36.8 Å². The largest absolute Gasteiger partial charge is 0.360 e. The maximum Gasteiger partial charge on any atom is 0.234 e. The Kier molecular flexibility index (Phi) is 7.27. The molecule has 3 rings (SSSR count). The van der Waals surface area contributed by atoms with Crippen LogP contribution in [0, 0.1) is 6.92 Å². The van der Waals surface area contributed by atoms with Crippen molar-refractivity contribution in [2.24, 2.45) is 0 Å². The third-order valence-corrected chi connectivity index (χ3v) is 5.71. The first kappa shape index (κ1) is 20.2. The van der Waals surface area contributed by atoms with E-state index < -0.39 is 0 Å². The maximum atomic E-state index is 11.9. The first-order chi connectivity index (χ1) is 13.6. The Morgan fingerprint density at radius 3 is 2.68 bits per heavy atom. The molecule has 1 aromatic heterocycles. The van der Waals surface area contributed by atoms with Gasteiger partial charge in [-0.3, -0.25) is 9.59 Å². The van der Waals surface area contributed by atoms with Gasteiger partial charge < -0.3 is 16.0 Å². The standard InChI is InChI=1S/C20H22N4O2S2/c1-14-5-4-6-15(11-14)23-19(26)13-27-12-18(25)21-9-10-22-20-24-16-7-2-3-8-17(16)28-20/h2-8,11H,9-10,12-13H2,1H3,(H,21,25)(H,22,24)(H,23,26). The number of thioether (sulfide) groups is 1. The number of para-hydroxylation sites is 1. The van der Waals surface area contributed by atoms with Crippen molar-refractivity contribution in [3.05, 3.63) is 54.1 Å². The number of anilines is 2. The molecule has 0 aliphatic carbocycles. The topological polar surface area (TPSA) is 83.1 Å². The molecule has 0 aliphatic rings. The van der Waals surface area contributed by atoms with Crippen molar-refractivity contribution in [3.8, 4) is 0 Å². The van der Waals surface area contributed by atoms with Gasteiger partial charge in [-0.15, -0.1) is 11.8 Å². The van der Waals surface area contributed by atoms with Crippen molar-refractivity contribution >= 4 is 55.9 Å². The molecule has 0 aliphatic heterocycles.